The van der Waals surface area contributed by atoms with Crippen molar-refractivity contribution in [1.29, 1.82) is 0 Å². The third kappa shape index (κ3) is 4.40. The van der Waals surface area contributed by atoms with E-state index in [2.05, 4.69) is 4.98 Å². The van der Waals surface area contributed by atoms with Gasteiger partial charge >= 0.3 is 5.69 Å². The Hall–Kier alpha value is -3.68. The lowest BCUT2D eigenvalue weighted by Gasteiger charge is -2.28. The predicted octanol–water partition coefficient (Wildman–Crippen LogP) is 3.78. The minimum Gasteiger partial charge on any atom is -0.497 e. The summed E-state index contributed by atoms with van der Waals surface area (Å²) in [6.07, 6.45) is 3.52. The van der Waals surface area contributed by atoms with Crippen LogP contribution in [0.3, 0.4) is 0 Å². The standard InChI is InChI=1S/C27H29N3O5/c1-16-28-22-10-6-18(13-25(22)35-16)12-24(31)19-7-4-17(5-8-19)15-30-26(32)21-14-20(34-3)9-11-23(21)29(2)27(30)33/h6,9-11,13-14,17,19H,4-5,7-8,12,15H2,1-3H3. The zero-order valence-electron chi connectivity index (χ0n) is 20.2. The number of methoxy groups -OCH3 is 1. The highest BCUT2D eigenvalue weighted by atomic mass is 16.5. The number of fused-ring (bicyclic) bond motifs is 2. The molecule has 1 aliphatic rings. The van der Waals surface area contributed by atoms with Crippen LogP contribution in [0.2, 0.25) is 0 Å². The van der Waals surface area contributed by atoms with Gasteiger partial charge in [0.2, 0.25) is 0 Å². The molecule has 2 heterocycles. The molecule has 0 unspecified atom stereocenters. The van der Waals surface area contributed by atoms with E-state index in [1.807, 2.05) is 25.1 Å². The fraction of sp³-hybridized carbons (Fsp3) is 0.407. The van der Waals surface area contributed by atoms with E-state index < -0.39 is 0 Å². The molecule has 5 rings (SSSR count). The molecule has 2 aromatic heterocycles. The van der Waals surface area contributed by atoms with Crippen LogP contribution in [0, 0.1) is 18.8 Å². The molecule has 0 spiro atoms. The Labute approximate surface area is 202 Å². The molecule has 0 atom stereocenters. The Kier molecular flexibility index (Phi) is 6.05. The summed E-state index contributed by atoms with van der Waals surface area (Å²) in [7, 11) is 3.23. The van der Waals surface area contributed by atoms with Crippen LogP contribution in [0.4, 0.5) is 0 Å². The van der Waals surface area contributed by atoms with Gasteiger partial charge in [0.1, 0.15) is 17.0 Å². The summed E-state index contributed by atoms with van der Waals surface area (Å²) in [5, 5.41) is 0.467. The summed E-state index contributed by atoms with van der Waals surface area (Å²) >= 11 is 0. The largest absolute Gasteiger partial charge is 0.497 e. The SMILES string of the molecule is COc1ccc2c(c1)c(=O)n(CC1CCC(C(=O)Cc3ccc4nc(C)oc4c3)CC1)c(=O)n2C. The molecule has 8 nitrogen and oxygen atoms in total. The molecule has 0 amide bonds. The van der Waals surface area contributed by atoms with Gasteiger partial charge in [0.25, 0.3) is 5.56 Å². The van der Waals surface area contributed by atoms with Gasteiger partial charge in [0.05, 0.1) is 18.0 Å². The lowest BCUT2D eigenvalue weighted by Crippen LogP contribution is -2.41. The van der Waals surface area contributed by atoms with Crippen molar-refractivity contribution in [3.8, 4) is 5.75 Å². The second kappa shape index (κ2) is 9.17. The van der Waals surface area contributed by atoms with E-state index in [-0.39, 0.29) is 28.9 Å². The highest BCUT2D eigenvalue weighted by Crippen LogP contribution is 2.31. The van der Waals surface area contributed by atoms with Gasteiger partial charge in [-0.05, 0) is 67.5 Å². The maximum atomic E-state index is 13.1. The van der Waals surface area contributed by atoms with Crippen LogP contribution in [-0.4, -0.2) is 27.0 Å². The van der Waals surface area contributed by atoms with Crippen molar-refractivity contribution in [2.75, 3.05) is 7.11 Å². The molecule has 0 aliphatic heterocycles. The number of benzene rings is 2. The second-order valence-corrected chi connectivity index (χ2v) is 9.54. The number of rotatable bonds is 6. The summed E-state index contributed by atoms with van der Waals surface area (Å²) in [4.78, 5) is 43.3. The lowest BCUT2D eigenvalue weighted by molar-refractivity contribution is -0.123. The van der Waals surface area contributed by atoms with E-state index >= 15 is 0 Å². The number of aromatic nitrogens is 3. The zero-order valence-corrected chi connectivity index (χ0v) is 20.2. The van der Waals surface area contributed by atoms with Crippen LogP contribution in [0.15, 0.2) is 50.4 Å². The Balaban J connectivity index is 1.27. The van der Waals surface area contributed by atoms with Crippen molar-refractivity contribution in [2.24, 2.45) is 18.9 Å². The Morgan fingerprint density at radius 2 is 1.89 bits per heavy atom. The average molecular weight is 476 g/mol. The summed E-state index contributed by atoms with van der Waals surface area (Å²) in [5.74, 6) is 1.60. The number of hydrogen-bond donors (Lipinski definition) is 0. The Bertz CT molecular complexity index is 1540. The number of hydrogen-bond acceptors (Lipinski definition) is 6. The normalized spacial score (nSPS) is 18.3. The first-order valence-corrected chi connectivity index (χ1v) is 12.0. The molecule has 0 N–H and O–H groups in total. The number of ether oxygens (including phenoxy) is 1. The van der Waals surface area contributed by atoms with Crippen LogP contribution in [0.25, 0.3) is 22.0 Å². The van der Waals surface area contributed by atoms with Gasteiger partial charge < -0.3 is 9.15 Å². The van der Waals surface area contributed by atoms with E-state index in [4.69, 9.17) is 9.15 Å². The van der Waals surface area contributed by atoms with Crippen LogP contribution >= 0.6 is 0 Å². The first kappa shape index (κ1) is 23.1. The van der Waals surface area contributed by atoms with Crippen molar-refractivity contribution >= 4 is 27.8 Å². The first-order valence-electron chi connectivity index (χ1n) is 12.0. The van der Waals surface area contributed by atoms with Gasteiger partial charge in [0.15, 0.2) is 11.5 Å². The van der Waals surface area contributed by atoms with Gasteiger partial charge in [-0.25, -0.2) is 9.78 Å². The number of nitrogens with zero attached hydrogens (tertiary/aromatic N) is 3. The lowest BCUT2D eigenvalue weighted by atomic mass is 9.79. The van der Waals surface area contributed by atoms with E-state index in [1.54, 1.807) is 32.4 Å². The number of Topliss-reactive ketones (excluding diaryl/α,β-unsaturated/α-hetero) is 1. The van der Waals surface area contributed by atoms with Gasteiger partial charge in [-0.15, -0.1) is 0 Å². The van der Waals surface area contributed by atoms with E-state index in [9.17, 15) is 14.4 Å². The fourth-order valence-corrected chi connectivity index (χ4v) is 5.25. The minimum absolute atomic E-state index is 0.00108. The smallest absolute Gasteiger partial charge is 0.331 e. The molecule has 35 heavy (non-hydrogen) atoms. The number of oxazole rings is 1. The first-order chi connectivity index (χ1) is 16.8. The summed E-state index contributed by atoms with van der Waals surface area (Å²) in [6, 6.07) is 10.9. The molecular weight excluding hydrogens is 446 g/mol. The van der Waals surface area contributed by atoms with Crippen LogP contribution in [0.1, 0.15) is 37.1 Å². The van der Waals surface area contributed by atoms with Crippen molar-refractivity contribution in [1.82, 2.24) is 14.1 Å². The topological polar surface area (TPSA) is 96.3 Å². The fourth-order valence-electron chi connectivity index (χ4n) is 5.25. The molecule has 4 aromatic rings. The zero-order chi connectivity index (χ0) is 24.7. The second-order valence-electron chi connectivity index (χ2n) is 9.54. The number of aryl methyl sites for hydroxylation is 2. The molecule has 1 fully saturated rings. The van der Waals surface area contributed by atoms with Crippen molar-refractivity contribution in [3.63, 3.8) is 0 Å². The Morgan fingerprint density at radius 3 is 2.63 bits per heavy atom. The maximum absolute atomic E-state index is 13.1. The van der Waals surface area contributed by atoms with Crippen LogP contribution in [-0.2, 0) is 24.8 Å². The summed E-state index contributed by atoms with van der Waals surface area (Å²) in [5.41, 5.74) is 2.42. The highest BCUT2D eigenvalue weighted by Gasteiger charge is 2.27. The average Bonchev–Trinajstić information content (AvgIpc) is 3.24. The molecule has 1 saturated carbocycles. The van der Waals surface area contributed by atoms with Crippen molar-refractivity contribution in [2.45, 2.75) is 45.6 Å². The molecule has 0 saturated heterocycles. The molecule has 0 radical (unpaired) electrons. The van der Waals surface area contributed by atoms with Gasteiger partial charge in [0, 0.05) is 32.9 Å². The molecule has 0 bridgehead atoms. The number of carbonyl (C=O) groups excluding carboxylic acids is 1. The van der Waals surface area contributed by atoms with Crippen LogP contribution in [0.5, 0.6) is 5.75 Å². The summed E-state index contributed by atoms with van der Waals surface area (Å²) in [6.45, 7) is 2.17. The highest BCUT2D eigenvalue weighted by molar-refractivity contribution is 5.84. The molecule has 8 heteroatoms. The molecule has 182 valence electrons. The monoisotopic (exact) mass is 475 g/mol. The van der Waals surface area contributed by atoms with Crippen molar-refractivity contribution < 1.29 is 13.9 Å². The number of carbonyl (C=O) groups is 1. The number of ketones is 1. The van der Waals surface area contributed by atoms with E-state index in [1.165, 1.54) is 9.13 Å². The van der Waals surface area contributed by atoms with E-state index in [0.717, 1.165) is 36.8 Å². The van der Waals surface area contributed by atoms with E-state index in [0.29, 0.717) is 41.1 Å². The third-order valence-corrected chi connectivity index (χ3v) is 7.24. The molecule has 1 aliphatic carbocycles. The van der Waals surface area contributed by atoms with Gasteiger partial charge in [-0.3, -0.25) is 18.7 Å². The Morgan fingerprint density at radius 1 is 1.11 bits per heavy atom. The third-order valence-electron chi connectivity index (χ3n) is 7.24. The molecule has 2 aromatic carbocycles. The minimum atomic E-state index is -0.316. The molecular formula is C27H29N3O5. The van der Waals surface area contributed by atoms with Crippen molar-refractivity contribution in [3.05, 3.63) is 68.7 Å². The predicted molar refractivity (Wildman–Crippen MR) is 133 cm³/mol. The van der Waals surface area contributed by atoms with Gasteiger partial charge in [-0.2, -0.15) is 0 Å². The maximum Gasteiger partial charge on any atom is 0.331 e. The summed E-state index contributed by atoms with van der Waals surface area (Å²) < 4.78 is 13.7. The quantitative estimate of drug-likeness (QED) is 0.421. The van der Waals surface area contributed by atoms with Crippen LogP contribution < -0.4 is 16.0 Å². The van der Waals surface area contributed by atoms with Gasteiger partial charge in [-0.1, -0.05) is 6.07 Å².